The zero-order valence-corrected chi connectivity index (χ0v) is 10.7. The Hall–Kier alpha value is -2.41. The highest BCUT2D eigenvalue weighted by molar-refractivity contribution is 7.12. The molecule has 0 aliphatic heterocycles. The topological polar surface area (TPSA) is 88.5 Å². The first-order valence-electron chi connectivity index (χ1n) is 5.24. The van der Waals surface area contributed by atoms with Crippen molar-refractivity contribution in [3.05, 3.63) is 40.3 Å². The molecule has 0 spiro atoms. The molecule has 7 heteroatoms. The Morgan fingerprint density at radius 2 is 2.21 bits per heavy atom. The molecular formula is C12H10N2O4S. The van der Waals surface area contributed by atoms with E-state index in [1.54, 1.807) is 11.4 Å². The molecule has 0 atom stereocenters. The number of aromatic nitrogens is 1. The summed E-state index contributed by atoms with van der Waals surface area (Å²) >= 11 is 1.24. The molecule has 19 heavy (non-hydrogen) atoms. The van der Waals surface area contributed by atoms with E-state index in [1.165, 1.54) is 36.8 Å². The summed E-state index contributed by atoms with van der Waals surface area (Å²) in [6, 6.07) is 4.50. The van der Waals surface area contributed by atoms with Gasteiger partial charge in [-0.2, -0.15) is 0 Å². The lowest BCUT2D eigenvalue weighted by atomic mass is 10.3. The third kappa shape index (κ3) is 2.89. The van der Waals surface area contributed by atoms with Gasteiger partial charge < -0.3 is 15.2 Å². The summed E-state index contributed by atoms with van der Waals surface area (Å²) in [5.41, 5.74) is 0.240. The quantitative estimate of drug-likeness (QED) is 0.894. The molecule has 2 heterocycles. The molecule has 0 aromatic carbocycles. The number of thiophene rings is 1. The van der Waals surface area contributed by atoms with Crippen LogP contribution in [0.1, 0.15) is 20.2 Å². The zero-order chi connectivity index (χ0) is 13.8. The van der Waals surface area contributed by atoms with Crippen LogP contribution in [0.2, 0.25) is 0 Å². The summed E-state index contributed by atoms with van der Waals surface area (Å²) in [5.74, 6) is -1.02. The zero-order valence-electron chi connectivity index (χ0n) is 9.91. The van der Waals surface area contributed by atoms with E-state index in [9.17, 15) is 9.59 Å². The predicted molar refractivity (Wildman–Crippen MR) is 70.0 cm³/mol. The number of anilines is 1. The highest BCUT2D eigenvalue weighted by atomic mass is 32.1. The van der Waals surface area contributed by atoms with Gasteiger partial charge in [-0.15, -0.1) is 11.3 Å². The number of ether oxygens (including phenoxy) is 1. The molecular weight excluding hydrogens is 268 g/mol. The van der Waals surface area contributed by atoms with Gasteiger partial charge in [0.05, 0.1) is 7.11 Å². The number of amides is 1. The van der Waals surface area contributed by atoms with Crippen LogP contribution < -0.4 is 10.1 Å². The standard InChI is InChI=1S/C12H10N2O4S/c1-18-9-3-5-19-10(9)11(15)14-7-2-4-13-8(6-7)12(16)17/h2-6H,1H3,(H,16,17)(H,13,14,15). The van der Waals surface area contributed by atoms with Crippen molar-refractivity contribution >= 4 is 28.9 Å². The summed E-state index contributed by atoms with van der Waals surface area (Å²) in [6.45, 7) is 0. The van der Waals surface area contributed by atoms with Gasteiger partial charge in [0.15, 0.2) is 0 Å². The lowest BCUT2D eigenvalue weighted by Crippen LogP contribution is -2.12. The summed E-state index contributed by atoms with van der Waals surface area (Å²) in [4.78, 5) is 26.9. The van der Waals surface area contributed by atoms with Crippen molar-refractivity contribution in [3.63, 3.8) is 0 Å². The molecule has 0 unspecified atom stereocenters. The highest BCUT2D eigenvalue weighted by Crippen LogP contribution is 2.25. The van der Waals surface area contributed by atoms with Gasteiger partial charge in [-0.1, -0.05) is 0 Å². The third-order valence-corrected chi connectivity index (χ3v) is 3.19. The molecule has 2 rings (SSSR count). The number of carboxylic acids is 1. The monoisotopic (exact) mass is 278 g/mol. The van der Waals surface area contributed by atoms with Crippen molar-refractivity contribution in [3.8, 4) is 5.75 Å². The van der Waals surface area contributed by atoms with E-state index in [2.05, 4.69) is 10.3 Å². The molecule has 0 bridgehead atoms. The molecule has 0 saturated heterocycles. The molecule has 98 valence electrons. The third-order valence-electron chi connectivity index (χ3n) is 2.29. The summed E-state index contributed by atoms with van der Waals surface area (Å²) in [6.07, 6.45) is 1.32. The first kappa shape index (κ1) is 13.0. The number of hydrogen-bond acceptors (Lipinski definition) is 5. The van der Waals surface area contributed by atoms with Gasteiger partial charge >= 0.3 is 5.97 Å². The largest absolute Gasteiger partial charge is 0.495 e. The number of carboxylic acid groups (broad SMARTS) is 1. The van der Waals surface area contributed by atoms with Crippen LogP contribution in [0.15, 0.2) is 29.8 Å². The summed E-state index contributed by atoms with van der Waals surface area (Å²) < 4.78 is 5.05. The van der Waals surface area contributed by atoms with E-state index in [0.29, 0.717) is 16.3 Å². The Balaban J connectivity index is 2.19. The smallest absolute Gasteiger partial charge is 0.354 e. The number of nitrogens with zero attached hydrogens (tertiary/aromatic N) is 1. The fraction of sp³-hybridized carbons (Fsp3) is 0.0833. The van der Waals surface area contributed by atoms with Crippen LogP contribution in [0.4, 0.5) is 5.69 Å². The second kappa shape index (κ2) is 5.49. The Kier molecular flexibility index (Phi) is 3.76. The Morgan fingerprint density at radius 1 is 1.42 bits per heavy atom. The SMILES string of the molecule is COc1ccsc1C(=O)Nc1ccnc(C(=O)O)c1. The summed E-state index contributed by atoms with van der Waals surface area (Å²) in [7, 11) is 1.48. The Labute approximate surface area is 112 Å². The number of aromatic carboxylic acids is 1. The maximum absolute atomic E-state index is 12.0. The number of hydrogen-bond donors (Lipinski definition) is 2. The van der Waals surface area contributed by atoms with Crippen LogP contribution in [0.5, 0.6) is 5.75 Å². The molecule has 2 aromatic rings. The fourth-order valence-electron chi connectivity index (χ4n) is 1.44. The molecule has 0 radical (unpaired) electrons. The Bertz CT molecular complexity index is 624. The Morgan fingerprint density at radius 3 is 2.89 bits per heavy atom. The number of nitrogens with one attached hydrogen (secondary N) is 1. The van der Waals surface area contributed by atoms with Gasteiger partial charge in [-0.05, 0) is 23.6 Å². The van der Waals surface area contributed by atoms with Gasteiger partial charge in [0, 0.05) is 11.9 Å². The van der Waals surface area contributed by atoms with Crippen LogP contribution in [-0.4, -0.2) is 29.1 Å². The molecule has 6 nitrogen and oxygen atoms in total. The predicted octanol–water partition coefficient (Wildman–Crippen LogP) is 2.10. The lowest BCUT2D eigenvalue weighted by molar-refractivity contribution is 0.0690. The van der Waals surface area contributed by atoms with Crippen molar-refractivity contribution in [2.45, 2.75) is 0 Å². The minimum Gasteiger partial charge on any atom is -0.495 e. The second-order valence-electron chi connectivity index (χ2n) is 3.51. The molecule has 2 N–H and O–H groups in total. The molecule has 1 amide bonds. The first-order valence-corrected chi connectivity index (χ1v) is 6.12. The van der Waals surface area contributed by atoms with Gasteiger partial charge in [-0.3, -0.25) is 4.79 Å². The van der Waals surface area contributed by atoms with Gasteiger partial charge in [0.25, 0.3) is 5.91 Å². The van der Waals surface area contributed by atoms with E-state index < -0.39 is 5.97 Å². The number of pyridine rings is 1. The highest BCUT2D eigenvalue weighted by Gasteiger charge is 2.14. The minimum absolute atomic E-state index is 0.129. The van der Waals surface area contributed by atoms with Crippen LogP contribution in [-0.2, 0) is 0 Å². The van der Waals surface area contributed by atoms with Crippen molar-refractivity contribution in [2.24, 2.45) is 0 Å². The van der Waals surface area contributed by atoms with E-state index >= 15 is 0 Å². The molecule has 0 aliphatic carbocycles. The van der Waals surface area contributed by atoms with Gasteiger partial charge in [0.1, 0.15) is 16.3 Å². The fourth-order valence-corrected chi connectivity index (χ4v) is 2.19. The van der Waals surface area contributed by atoms with Crippen LogP contribution in [0.3, 0.4) is 0 Å². The molecule has 0 saturated carbocycles. The normalized spacial score (nSPS) is 9.95. The first-order chi connectivity index (χ1) is 9.11. The van der Waals surface area contributed by atoms with Crippen molar-refractivity contribution in [1.29, 1.82) is 0 Å². The van der Waals surface area contributed by atoms with E-state index in [-0.39, 0.29) is 11.6 Å². The number of carbonyl (C=O) groups excluding carboxylic acids is 1. The number of carbonyl (C=O) groups is 2. The molecule has 2 aromatic heterocycles. The summed E-state index contributed by atoms with van der Waals surface area (Å²) in [5, 5.41) is 13.2. The van der Waals surface area contributed by atoms with Crippen molar-refractivity contribution < 1.29 is 19.4 Å². The maximum atomic E-state index is 12.0. The van der Waals surface area contributed by atoms with Crippen LogP contribution >= 0.6 is 11.3 Å². The molecule has 0 fully saturated rings. The molecule has 0 aliphatic rings. The van der Waals surface area contributed by atoms with Crippen molar-refractivity contribution in [2.75, 3.05) is 12.4 Å². The van der Waals surface area contributed by atoms with Gasteiger partial charge in [-0.25, -0.2) is 9.78 Å². The second-order valence-corrected chi connectivity index (χ2v) is 4.42. The van der Waals surface area contributed by atoms with Crippen molar-refractivity contribution in [1.82, 2.24) is 4.98 Å². The minimum atomic E-state index is -1.15. The van der Waals surface area contributed by atoms with Crippen LogP contribution in [0, 0.1) is 0 Å². The number of methoxy groups -OCH3 is 1. The average Bonchev–Trinajstić information content (AvgIpc) is 2.87. The van der Waals surface area contributed by atoms with Gasteiger partial charge in [0.2, 0.25) is 0 Å². The number of rotatable bonds is 4. The van der Waals surface area contributed by atoms with E-state index in [0.717, 1.165) is 0 Å². The average molecular weight is 278 g/mol. The maximum Gasteiger partial charge on any atom is 0.354 e. The van der Waals surface area contributed by atoms with Crippen LogP contribution in [0.25, 0.3) is 0 Å². The lowest BCUT2D eigenvalue weighted by Gasteiger charge is -2.05. The van der Waals surface area contributed by atoms with E-state index in [1.807, 2.05) is 0 Å². The van der Waals surface area contributed by atoms with E-state index in [4.69, 9.17) is 9.84 Å².